The topological polar surface area (TPSA) is 84.3 Å². The van der Waals surface area contributed by atoms with E-state index < -0.39 is 10.8 Å². The molecule has 2 aromatic carbocycles. The number of carbonyl (C=O) groups is 1. The minimum absolute atomic E-state index is 0.00726. The second kappa shape index (κ2) is 7.28. The molecule has 0 radical (unpaired) electrons. The molecule has 0 unspecified atom stereocenters. The fourth-order valence-corrected chi connectivity index (χ4v) is 3.00. The normalized spacial score (nSPS) is 10.1. The Hall–Kier alpha value is -2.06. The van der Waals surface area contributed by atoms with Crippen molar-refractivity contribution < 1.29 is 9.72 Å². The van der Waals surface area contributed by atoms with Crippen molar-refractivity contribution in [2.75, 3.05) is 11.7 Å². The van der Waals surface area contributed by atoms with E-state index in [0.717, 1.165) is 4.90 Å². The predicted octanol–water partition coefficient (Wildman–Crippen LogP) is 3.84. The molecular formula is C14H12BrN3O3S. The first-order valence-electron chi connectivity index (χ1n) is 6.16. The number of nitrogens with one attached hydrogen (secondary N) is 2. The number of amides is 1. The number of rotatable bonds is 5. The lowest BCUT2D eigenvalue weighted by Gasteiger charge is -2.10. The fourth-order valence-electron chi connectivity index (χ4n) is 1.77. The van der Waals surface area contributed by atoms with E-state index in [9.17, 15) is 14.9 Å². The van der Waals surface area contributed by atoms with Crippen LogP contribution in [0.25, 0.3) is 0 Å². The van der Waals surface area contributed by atoms with E-state index in [1.54, 1.807) is 18.2 Å². The average Bonchev–Trinajstić information content (AvgIpc) is 2.52. The number of anilines is 1. The molecule has 1 amide bonds. The summed E-state index contributed by atoms with van der Waals surface area (Å²) in [7, 11) is 0. The Balaban J connectivity index is 2.28. The molecule has 0 saturated carbocycles. The Kier molecular flexibility index (Phi) is 5.40. The van der Waals surface area contributed by atoms with E-state index in [1.807, 2.05) is 24.5 Å². The number of para-hydroxylation sites is 1. The van der Waals surface area contributed by atoms with E-state index in [2.05, 4.69) is 26.8 Å². The molecule has 2 rings (SSSR count). The Bertz CT molecular complexity index is 710. The highest BCUT2D eigenvalue weighted by molar-refractivity contribution is 9.10. The molecule has 0 aromatic heterocycles. The van der Waals surface area contributed by atoms with Crippen LogP contribution < -0.4 is 10.9 Å². The van der Waals surface area contributed by atoms with Crippen LogP contribution in [0, 0.1) is 10.1 Å². The van der Waals surface area contributed by atoms with Gasteiger partial charge in [0.25, 0.3) is 11.6 Å². The standard InChI is InChI=1S/C14H12BrN3O3S/c1-22-10-7-11(13(18(20)21)12(15)8-10)14(19)17-16-9-5-3-2-4-6-9/h2-8,16H,1H3,(H,17,19). The van der Waals surface area contributed by atoms with Gasteiger partial charge in [0, 0.05) is 4.90 Å². The Morgan fingerprint density at radius 2 is 1.95 bits per heavy atom. The number of nitrogens with zero attached hydrogens (tertiary/aromatic N) is 1. The molecule has 6 nitrogen and oxygen atoms in total. The molecular weight excluding hydrogens is 370 g/mol. The molecule has 0 saturated heterocycles. The van der Waals surface area contributed by atoms with Gasteiger partial charge in [0.1, 0.15) is 5.56 Å². The Labute approximate surface area is 139 Å². The maximum absolute atomic E-state index is 12.3. The summed E-state index contributed by atoms with van der Waals surface area (Å²) >= 11 is 4.54. The summed E-state index contributed by atoms with van der Waals surface area (Å²) in [6.07, 6.45) is 1.83. The zero-order chi connectivity index (χ0) is 16.1. The van der Waals surface area contributed by atoms with Crippen molar-refractivity contribution >= 4 is 45.0 Å². The van der Waals surface area contributed by atoms with Crippen LogP contribution in [0.2, 0.25) is 0 Å². The molecule has 114 valence electrons. The Morgan fingerprint density at radius 1 is 1.27 bits per heavy atom. The first-order valence-corrected chi connectivity index (χ1v) is 8.18. The molecule has 8 heteroatoms. The van der Waals surface area contributed by atoms with Crippen molar-refractivity contribution in [3.63, 3.8) is 0 Å². The fraction of sp³-hybridized carbons (Fsp3) is 0.0714. The van der Waals surface area contributed by atoms with Crippen LogP contribution >= 0.6 is 27.7 Å². The number of nitro benzene ring substituents is 1. The molecule has 22 heavy (non-hydrogen) atoms. The lowest BCUT2D eigenvalue weighted by atomic mass is 10.1. The molecule has 0 bridgehead atoms. The quantitative estimate of drug-likeness (QED) is 0.466. The zero-order valence-corrected chi connectivity index (χ0v) is 13.9. The van der Waals surface area contributed by atoms with Crippen LogP contribution in [-0.4, -0.2) is 17.1 Å². The van der Waals surface area contributed by atoms with Gasteiger partial charge < -0.3 is 0 Å². The van der Waals surface area contributed by atoms with Crippen molar-refractivity contribution in [2.45, 2.75) is 4.90 Å². The van der Waals surface area contributed by atoms with Gasteiger partial charge in [-0.05, 0) is 46.5 Å². The molecule has 0 aliphatic rings. The highest BCUT2D eigenvalue weighted by Crippen LogP contribution is 2.33. The van der Waals surface area contributed by atoms with Crippen molar-refractivity contribution in [1.82, 2.24) is 5.43 Å². The second-order valence-corrected chi connectivity index (χ2v) is 5.94. The molecule has 0 aliphatic carbocycles. The number of hydrogen-bond acceptors (Lipinski definition) is 5. The zero-order valence-electron chi connectivity index (χ0n) is 11.5. The van der Waals surface area contributed by atoms with Gasteiger partial charge in [-0.2, -0.15) is 0 Å². The van der Waals surface area contributed by atoms with E-state index in [1.165, 1.54) is 17.8 Å². The third kappa shape index (κ3) is 3.77. The molecule has 2 N–H and O–H groups in total. The molecule has 0 spiro atoms. The van der Waals surface area contributed by atoms with Crippen LogP contribution in [-0.2, 0) is 0 Å². The molecule has 0 fully saturated rings. The van der Waals surface area contributed by atoms with Gasteiger partial charge in [-0.1, -0.05) is 18.2 Å². The summed E-state index contributed by atoms with van der Waals surface area (Å²) in [5.41, 5.74) is 5.60. The highest BCUT2D eigenvalue weighted by Gasteiger charge is 2.24. The van der Waals surface area contributed by atoms with Gasteiger partial charge in [0.15, 0.2) is 0 Å². The van der Waals surface area contributed by atoms with Crippen molar-refractivity contribution in [2.24, 2.45) is 0 Å². The Morgan fingerprint density at radius 3 is 2.55 bits per heavy atom. The first kappa shape index (κ1) is 16.3. The number of nitro groups is 1. The van der Waals surface area contributed by atoms with Crippen molar-refractivity contribution in [3.8, 4) is 0 Å². The summed E-state index contributed by atoms with van der Waals surface area (Å²) in [5.74, 6) is -0.577. The van der Waals surface area contributed by atoms with E-state index in [-0.39, 0.29) is 15.7 Å². The summed E-state index contributed by atoms with van der Waals surface area (Å²) in [6.45, 7) is 0. The third-order valence-electron chi connectivity index (χ3n) is 2.79. The van der Waals surface area contributed by atoms with Crippen molar-refractivity contribution in [3.05, 3.63) is 62.6 Å². The minimum atomic E-state index is -0.578. The molecule has 0 atom stereocenters. The van der Waals surface area contributed by atoms with E-state index in [4.69, 9.17) is 0 Å². The van der Waals surface area contributed by atoms with Gasteiger partial charge in [-0.25, -0.2) is 0 Å². The summed E-state index contributed by atoms with van der Waals surface area (Å²) in [5, 5.41) is 11.2. The summed E-state index contributed by atoms with van der Waals surface area (Å²) in [6, 6.07) is 12.1. The number of benzene rings is 2. The van der Waals surface area contributed by atoms with Gasteiger partial charge in [0.2, 0.25) is 0 Å². The second-order valence-electron chi connectivity index (χ2n) is 4.21. The minimum Gasteiger partial charge on any atom is -0.298 e. The van der Waals surface area contributed by atoms with E-state index in [0.29, 0.717) is 5.69 Å². The van der Waals surface area contributed by atoms with Gasteiger partial charge in [-0.15, -0.1) is 11.8 Å². The number of carbonyl (C=O) groups excluding carboxylic acids is 1. The monoisotopic (exact) mass is 381 g/mol. The number of thioether (sulfide) groups is 1. The summed E-state index contributed by atoms with van der Waals surface area (Å²) < 4.78 is 0.272. The smallest absolute Gasteiger partial charge is 0.296 e. The third-order valence-corrected chi connectivity index (χ3v) is 4.11. The number of halogens is 1. The number of hydrazine groups is 1. The van der Waals surface area contributed by atoms with Crippen LogP contribution in [0.15, 0.2) is 51.8 Å². The largest absolute Gasteiger partial charge is 0.298 e. The summed E-state index contributed by atoms with van der Waals surface area (Å²) in [4.78, 5) is 23.6. The maximum atomic E-state index is 12.3. The molecule has 0 aliphatic heterocycles. The first-order chi connectivity index (χ1) is 10.5. The van der Waals surface area contributed by atoms with Gasteiger partial charge in [-0.3, -0.25) is 25.8 Å². The van der Waals surface area contributed by atoms with Gasteiger partial charge in [0.05, 0.1) is 15.1 Å². The van der Waals surface area contributed by atoms with Gasteiger partial charge >= 0.3 is 0 Å². The van der Waals surface area contributed by atoms with E-state index >= 15 is 0 Å². The average molecular weight is 382 g/mol. The van der Waals surface area contributed by atoms with Crippen LogP contribution in [0.1, 0.15) is 10.4 Å². The number of hydrogen-bond donors (Lipinski definition) is 2. The SMILES string of the molecule is CSc1cc(Br)c([N+](=O)[O-])c(C(=O)NNc2ccccc2)c1. The molecule has 2 aromatic rings. The van der Waals surface area contributed by atoms with Crippen LogP contribution in [0.5, 0.6) is 0 Å². The highest BCUT2D eigenvalue weighted by atomic mass is 79.9. The lowest BCUT2D eigenvalue weighted by molar-refractivity contribution is -0.386. The predicted molar refractivity (Wildman–Crippen MR) is 90.1 cm³/mol. The van der Waals surface area contributed by atoms with Crippen molar-refractivity contribution in [1.29, 1.82) is 0 Å². The van der Waals surface area contributed by atoms with Crippen LogP contribution in [0.4, 0.5) is 11.4 Å². The lowest BCUT2D eigenvalue weighted by Crippen LogP contribution is -2.30. The molecule has 0 heterocycles. The van der Waals surface area contributed by atoms with Crippen LogP contribution in [0.3, 0.4) is 0 Å². The maximum Gasteiger partial charge on any atom is 0.296 e.